The van der Waals surface area contributed by atoms with Gasteiger partial charge in [0.2, 0.25) is 0 Å². The molecule has 0 bridgehead atoms. The van der Waals surface area contributed by atoms with Crippen LogP contribution in [0.4, 0.5) is 0 Å². The summed E-state index contributed by atoms with van der Waals surface area (Å²) in [6.45, 7) is 1.53. The highest BCUT2D eigenvalue weighted by Crippen LogP contribution is 2.30. The van der Waals surface area contributed by atoms with Crippen molar-refractivity contribution < 1.29 is 18.3 Å². The number of nitrogens with zero attached hydrogens (tertiary/aromatic N) is 1. The second-order valence-corrected chi connectivity index (χ2v) is 6.70. The Morgan fingerprint density at radius 3 is 2.65 bits per heavy atom. The van der Waals surface area contributed by atoms with Gasteiger partial charge in [-0.3, -0.25) is 5.10 Å². The third kappa shape index (κ3) is 2.68. The van der Waals surface area contributed by atoms with Crippen molar-refractivity contribution in [1.29, 1.82) is 0 Å². The van der Waals surface area contributed by atoms with Crippen LogP contribution in [-0.4, -0.2) is 35.4 Å². The van der Waals surface area contributed by atoms with E-state index >= 15 is 0 Å². The van der Waals surface area contributed by atoms with Crippen LogP contribution in [0.15, 0.2) is 29.2 Å². The Labute approximate surface area is 120 Å². The Hall–Kier alpha value is -1.86. The summed E-state index contributed by atoms with van der Waals surface area (Å²) in [5.74, 6) is -1.25. The fraction of sp³-hybridized carbons (Fsp3) is 0.167. The van der Waals surface area contributed by atoms with Crippen molar-refractivity contribution in [2.45, 2.75) is 11.8 Å². The minimum Gasteiger partial charge on any atom is -0.477 e. The lowest BCUT2D eigenvalue weighted by Gasteiger charge is -2.07. The number of aromatic amines is 1. The van der Waals surface area contributed by atoms with Crippen LogP contribution in [0.1, 0.15) is 17.4 Å². The molecule has 0 radical (unpaired) electrons. The van der Waals surface area contributed by atoms with Crippen LogP contribution in [0.5, 0.6) is 0 Å². The largest absolute Gasteiger partial charge is 0.477 e. The number of hydrogen-bond acceptors (Lipinski definition) is 4. The first kappa shape index (κ1) is 14.5. The molecule has 0 aliphatic rings. The molecule has 0 atom stereocenters. The van der Waals surface area contributed by atoms with Crippen molar-refractivity contribution in [3.05, 3.63) is 35.0 Å². The zero-order chi connectivity index (χ0) is 14.9. The van der Waals surface area contributed by atoms with Crippen molar-refractivity contribution in [2.75, 3.05) is 5.75 Å². The predicted octanol–water partition coefficient (Wildman–Crippen LogP) is 2.22. The number of hydrogen-bond donors (Lipinski definition) is 2. The number of carboxylic acids is 1. The molecule has 0 amide bonds. The van der Waals surface area contributed by atoms with Crippen LogP contribution < -0.4 is 0 Å². The van der Waals surface area contributed by atoms with E-state index in [2.05, 4.69) is 10.2 Å². The molecular formula is C12H11ClN2O4S. The van der Waals surface area contributed by atoms with E-state index in [1.165, 1.54) is 31.2 Å². The van der Waals surface area contributed by atoms with E-state index in [1.807, 2.05) is 0 Å². The Bertz CT molecular complexity index is 768. The van der Waals surface area contributed by atoms with Gasteiger partial charge in [-0.05, 0) is 24.3 Å². The first-order valence-electron chi connectivity index (χ1n) is 5.66. The molecule has 8 heteroatoms. The van der Waals surface area contributed by atoms with Crippen LogP contribution in [0.2, 0.25) is 5.02 Å². The lowest BCUT2D eigenvalue weighted by atomic mass is 10.1. The maximum absolute atomic E-state index is 12.0. The van der Waals surface area contributed by atoms with Crippen LogP contribution in [0.3, 0.4) is 0 Å². The number of H-pyrrole nitrogens is 1. The second-order valence-electron chi connectivity index (χ2n) is 4.02. The van der Waals surface area contributed by atoms with E-state index in [4.69, 9.17) is 16.7 Å². The minimum absolute atomic E-state index is 0.0716. The van der Waals surface area contributed by atoms with E-state index < -0.39 is 15.8 Å². The summed E-state index contributed by atoms with van der Waals surface area (Å²) in [7, 11) is -3.46. The molecule has 20 heavy (non-hydrogen) atoms. The van der Waals surface area contributed by atoms with Gasteiger partial charge in [-0.1, -0.05) is 18.5 Å². The van der Waals surface area contributed by atoms with Crippen LogP contribution in [0.25, 0.3) is 11.3 Å². The molecule has 2 rings (SSSR count). The summed E-state index contributed by atoms with van der Waals surface area (Å²) in [4.78, 5) is 10.9. The average Bonchev–Trinajstić information content (AvgIpc) is 2.88. The van der Waals surface area contributed by atoms with Gasteiger partial charge in [-0.2, -0.15) is 5.10 Å². The predicted molar refractivity (Wildman–Crippen MR) is 73.7 cm³/mol. The quantitative estimate of drug-likeness (QED) is 0.901. The highest BCUT2D eigenvalue weighted by molar-refractivity contribution is 7.91. The summed E-state index contributed by atoms with van der Waals surface area (Å²) in [6, 6.07) is 5.58. The van der Waals surface area contributed by atoms with Gasteiger partial charge < -0.3 is 5.11 Å². The van der Waals surface area contributed by atoms with Gasteiger partial charge >= 0.3 is 5.97 Å². The molecule has 0 spiro atoms. The zero-order valence-electron chi connectivity index (χ0n) is 10.4. The number of carbonyl (C=O) groups is 1. The third-order valence-electron chi connectivity index (χ3n) is 2.74. The van der Waals surface area contributed by atoms with E-state index in [1.54, 1.807) is 0 Å². The number of sulfone groups is 1. The number of carboxylic acid groups (broad SMARTS) is 1. The summed E-state index contributed by atoms with van der Waals surface area (Å²) < 4.78 is 24.1. The standard InChI is InChI=1S/C12H11ClN2O4S/c1-2-20(18,19)11-4-3-7(13)5-8(11)9-6-10(12(16)17)15-14-9/h3-6H,2H2,1H3,(H,14,15)(H,16,17). The van der Waals surface area contributed by atoms with Crippen LogP contribution in [-0.2, 0) is 9.84 Å². The molecular weight excluding hydrogens is 304 g/mol. The topological polar surface area (TPSA) is 100 Å². The molecule has 0 fully saturated rings. The van der Waals surface area contributed by atoms with Crippen LogP contribution in [0, 0.1) is 0 Å². The van der Waals surface area contributed by atoms with Gasteiger partial charge in [0, 0.05) is 10.6 Å². The molecule has 0 aliphatic heterocycles. The summed E-state index contributed by atoms with van der Waals surface area (Å²) in [5.41, 5.74) is 0.375. The molecule has 2 aromatic rings. The summed E-state index contributed by atoms with van der Waals surface area (Å²) in [5, 5.41) is 15.4. The Morgan fingerprint density at radius 1 is 1.40 bits per heavy atom. The molecule has 0 saturated heterocycles. The van der Waals surface area contributed by atoms with Crippen molar-refractivity contribution in [1.82, 2.24) is 10.2 Å². The van der Waals surface area contributed by atoms with Gasteiger partial charge in [0.25, 0.3) is 0 Å². The first-order valence-corrected chi connectivity index (χ1v) is 7.69. The van der Waals surface area contributed by atoms with Crippen LogP contribution >= 0.6 is 11.6 Å². The van der Waals surface area contributed by atoms with Crippen molar-refractivity contribution >= 4 is 27.4 Å². The average molecular weight is 315 g/mol. The van der Waals surface area contributed by atoms with E-state index in [0.29, 0.717) is 5.02 Å². The smallest absolute Gasteiger partial charge is 0.353 e. The number of aromatic nitrogens is 2. The second kappa shape index (κ2) is 5.26. The van der Waals surface area contributed by atoms with Crippen molar-refractivity contribution in [2.24, 2.45) is 0 Å². The van der Waals surface area contributed by atoms with Gasteiger partial charge in [-0.25, -0.2) is 13.2 Å². The molecule has 1 aromatic carbocycles. The molecule has 0 aliphatic carbocycles. The summed E-state index contributed by atoms with van der Waals surface area (Å²) >= 11 is 5.88. The fourth-order valence-corrected chi connectivity index (χ4v) is 2.96. The van der Waals surface area contributed by atoms with Gasteiger partial charge in [0.1, 0.15) is 5.69 Å². The van der Waals surface area contributed by atoms with Gasteiger partial charge in [0.15, 0.2) is 9.84 Å². The van der Waals surface area contributed by atoms with Gasteiger partial charge in [0.05, 0.1) is 16.3 Å². The molecule has 2 N–H and O–H groups in total. The first-order chi connectivity index (χ1) is 9.35. The Morgan fingerprint density at radius 2 is 2.10 bits per heavy atom. The minimum atomic E-state index is -3.46. The fourth-order valence-electron chi connectivity index (χ4n) is 1.70. The Balaban J connectivity index is 2.66. The molecule has 1 heterocycles. The molecule has 0 saturated carbocycles. The zero-order valence-corrected chi connectivity index (χ0v) is 12.0. The van der Waals surface area contributed by atoms with E-state index in [9.17, 15) is 13.2 Å². The molecule has 1 aromatic heterocycles. The number of benzene rings is 1. The van der Waals surface area contributed by atoms with Gasteiger partial charge in [-0.15, -0.1) is 0 Å². The SMILES string of the molecule is CCS(=O)(=O)c1ccc(Cl)cc1-c1cc(C(=O)O)[nH]n1. The maximum atomic E-state index is 12.0. The maximum Gasteiger partial charge on any atom is 0.353 e. The highest BCUT2D eigenvalue weighted by Gasteiger charge is 2.20. The third-order valence-corrected chi connectivity index (χ3v) is 4.76. The molecule has 0 unspecified atom stereocenters. The molecule has 106 valence electrons. The lowest BCUT2D eigenvalue weighted by molar-refractivity contribution is 0.0690. The normalized spacial score (nSPS) is 11.5. The van der Waals surface area contributed by atoms with Crippen molar-refractivity contribution in [3.63, 3.8) is 0 Å². The van der Waals surface area contributed by atoms with Crippen molar-refractivity contribution in [3.8, 4) is 11.3 Å². The van der Waals surface area contributed by atoms with E-state index in [-0.39, 0.29) is 27.6 Å². The number of halogens is 1. The molecule has 6 nitrogen and oxygen atoms in total. The summed E-state index contributed by atoms with van der Waals surface area (Å²) in [6.07, 6.45) is 0. The Kier molecular flexibility index (Phi) is 3.82. The highest BCUT2D eigenvalue weighted by atomic mass is 35.5. The van der Waals surface area contributed by atoms with E-state index in [0.717, 1.165) is 0 Å². The number of aromatic carboxylic acids is 1. The lowest BCUT2D eigenvalue weighted by Crippen LogP contribution is -2.05. The number of rotatable bonds is 4. The number of nitrogens with one attached hydrogen (secondary N) is 1. The monoisotopic (exact) mass is 314 g/mol.